The molecule has 0 saturated carbocycles. The highest BCUT2D eigenvalue weighted by molar-refractivity contribution is 7.00. The summed E-state index contributed by atoms with van der Waals surface area (Å²) < 4.78 is 217. The third-order valence-electron chi connectivity index (χ3n) is 18.2. The van der Waals surface area contributed by atoms with Crippen molar-refractivity contribution in [3.8, 4) is 55.9 Å². The molecule has 13 aromatic carbocycles. The Hall–Kier alpha value is -10.9. The largest absolute Gasteiger partial charge is 0.310 e. The molecule has 15 aromatic rings. The summed E-state index contributed by atoms with van der Waals surface area (Å²) in [6.45, 7) is 15.4. The minimum atomic E-state index is -2.31. The lowest BCUT2D eigenvalue weighted by atomic mass is 9.33. The van der Waals surface area contributed by atoms with Gasteiger partial charge in [0.15, 0.2) is 0 Å². The summed E-state index contributed by atoms with van der Waals surface area (Å²) in [5.74, 6) is 0. The van der Waals surface area contributed by atoms with Crippen molar-refractivity contribution in [3.63, 3.8) is 0 Å². The van der Waals surface area contributed by atoms with Gasteiger partial charge in [0, 0.05) is 86.1 Å². The second-order valence-electron chi connectivity index (χ2n) is 28.5. The van der Waals surface area contributed by atoms with E-state index in [0.29, 0.717) is 106 Å². The molecule has 4 heterocycles. The van der Waals surface area contributed by atoms with E-state index in [-0.39, 0.29) is 60.5 Å². The maximum Gasteiger partial charge on any atom is 0.252 e. The van der Waals surface area contributed by atoms with Crippen molar-refractivity contribution in [2.75, 3.05) is 9.80 Å². The van der Waals surface area contributed by atoms with Gasteiger partial charge < -0.3 is 18.9 Å². The number of fused-ring (bicyclic) bond motifs is 10. The standard InChI is InChI=1S/C93H81BN4/c1-91(2,3)58-61-50-74(64-30-14-10-15-31-64)89(75(51-61)65-32-16-11-17-33-65)97-84-56-68(95-80-42-26-22-38-70(80)71-39-23-27-43-81(71)95)46-48-78(84)94-79-49-47-69(96-82-44-28-24-40-72(82)73-41-25-29-45-83(73)96)57-85(79)98(87-55-63(60-93(7,8)9)54-86(97)88(87)94)90-76(66-34-18-12-19-35-66)52-62(59-92(4,5)6)53-77(90)67-36-20-13-21-37-67/h10-57H,58-60H2,1-9H3/i22D,23D,24D,25D,26D,27D,28D,29D,38D,39D,40D,41D,42D,43D,44D,45D,58D2,59D2,60D2. The van der Waals surface area contributed by atoms with Crippen LogP contribution in [0.5, 0.6) is 0 Å². The molecule has 0 fully saturated rings. The fourth-order valence-corrected chi connectivity index (χ4v) is 14.7. The SMILES string of the molecule is [2H]c1c([2H])c([2H])c2c(c1[2H])c1c([2H])c([2H])c([2H])c([2H])c1n2-c1ccc2c(c1)N(c1c(-c3ccccc3)cc(C([2H])([2H])C(C)(C)C)cc1-c1ccccc1)c1cc(C([2H])([2H])C(C)(C)C)cc3c1B2c1ccc(-n2c4c([2H])c([2H])c([2H])c([2H])c4c4c([2H])c([2H])c([2H])c([2H])c42)cc1N3c1c(-c2ccccc2)cc(C([2H])([2H])C(C)(C)C)cc1-c1ccccc1. The second-order valence-corrected chi connectivity index (χ2v) is 28.5. The van der Waals surface area contributed by atoms with Gasteiger partial charge in [0.05, 0.1) is 55.4 Å². The quantitative estimate of drug-likeness (QED) is 0.120. The van der Waals surface area contributed by atoms with Crippen LogP contribution in [0, 0.1) is 16.2 Å². The Balaban J connectivity index is 1.14. The van der Waals surface area contributed by atoms with Gasteiger partial charge in [-0.25, -0.2) is 0 Å². The molecule has 0 atom stereocenters. The fourth-order valence-electron chi connectivity index (χ4n) is 14.7. The zero-order valence-electron chi connectivity index (χ0n) is 77.8. The second kappa shape index (κ2) is 23.5. The molecule has 0 aliphatic carbocycles. The molecule has 5 heteroatoms. The molecule has 17 rings (SSSR count). The van der Waals surface area contributed by atoms with E-state index in [1.165, 1.54) is 9.13 Å². The van der Waals surface area contributed by atoms with Crippen molar-refractivity contribution < 1.29 is 30.2 Å². The van der Waals surface area contributed by atoms with Crippen LogP contribution in [-0.4, -0.2) is 15.8 Å². The average Bonchev–Trinajstić information content (AvgIpc) is 0.736. The Morgan fingerprint density at radius 1 is 0.316 bits per heavy atom. The molecule has 2 aliphatic heterocycles. The van der Waals surface area contributed by atoms with E-state index in [9.17, 15) is 24.7 Å². The summed E-state index contributed by atoms with van der Waals surface area (Å²) in [4.78, 5) is 4.09. The highest BCUT2D eigenvalue weighted by Gasteiger charge is 2.46. The van der Waals surface area contributed by atoms with E-state index in [0.717, 1.165) is 0 Å². The normalized spacial score (nSPS) is 16.6. The highest BCUT2D eigenvalue weighted by Crippen LogP contribution is 2.55. The molecule has 98 heavy (non-hydrogen) atoms. The summed E-state index contributed by atoms with van der Waals surface area (Å²) in [6.07, 6.45) is -6.41. The van der Waals surface area contributed by atoms with Gasteiger partial charge in [0.25, 0.3) is 6.71 Å². The Labute approximate surface area is 608 Å². The average molecular weight is 1290 g/mol. The fraction of sp³-hybridized carbons (Fsp3) is 0.161. The summed E-state index contributed by atoms with van der Waals surface area (Å²) in [6, 6.07) is 50.5. The summed E-state index contributed by atoms with van der Waals surface area (Å²) in [7, 11) is 0. The first kappa shape index (κ1) is 41.3. The molecule has 0 radical (unpaired) electrons. The van der Waals surface area contributed by atoms with Gasteiger partial charge in [-0.1, -0.05) is 268 Å². The maximum atomic E-state index is 10.9. The smallest absolute Gasteiger partial charge is 0.252 e. The monoisotopic (exact) mass is 1290 g/mol. The predicted octanol–water partition coefficient (Wildman–Crippen LogP) is 23.4. The van der Waals surface area contributed by atoms with E-state index in [1.807, 2.05) is 221 Å². The lowest BCUT2D eigenvalue weighted by Gasteiger charge is -2.46. The van der Waals surface area contributed by atoms with Gasteiger partial charge in [0.2, 0.25) is 0 Å². The summed E-state index contributed by atoms with van der Waals surface area (Å²) >= 11 is 0. The minimum absolute atomic E-state index is 0.145. The predicted molar refractivity (Wildman–Crippen MR) is 420 cm³/mol. The number of aromatic nitrogens is 2. The number of nitrogens with zero attached hydrogens (tertiary/aromatic N) is 4. The van der Waals surface area contributed by atoms with Gasteiger partial charge >= 0.3 is 0 Å². The van der Waals surface area contributed by atoms with Gasteiger partial charge in [0.1, 0.15) is 0 Å². The zero-order valence-corrected chi connectivity index (χ0v) is 55.8. The number of hydrogen-bond acceptors (Lipinski definition) is 2. The molecule has 0 N–H and O–H groups in total. The molecule has 0 spiro atoms. The third kappa shape index (κ3) is 10.6. The lowest BCUT2D eigenvalue weighted by Crippen LogP contribution is -2.61. The first-order chi connectivity index (χ1) is 56.5. The van der Waals surface area contributed by atoms with Crippen molar-refractivity contribution >= 4 is 101 Å². The Morgan fingerprint density at radius 3 is 0.878 bits per heavy atom. The number of para-hydroxylation sites is 4. The lowest BCUT2D eigenvalue weighted by molar-refractivity contribution is 0.411. The van der Waals surface area contributed by atoms with Crippen LogP contribution in [0.3, 0.4) is 0 Å². The van der Waals surface area contributed by atoms with Crippen LogP contribution >= 0.6 is 0 Å². The molecule has 0 bridgehead atoms. The molecule has 2 aromatic heterocycles. The van der Waals surface area contributed by atoms with Crippen molar-refractivity contribution in [3.05, 3.63) is 307 Å². The first-order valence-electron chi connectivity index (χ1n) is 44.1. The zero-order chi connectivity index (χ0) is 86.1. The topological polar surface area (TPSA) is 16.3 Å². The van der Waals surface area contributed by atoms with E-state index >= 15 is 0 Å². The van der Waals surface area contributed by atoms with Gasteiger partial charge in [-0.05, 0) is 176 Å². The molecule has 0 unspecified atom stereocenters. The van der Waals surface area contributed by atoms with Crippen LogP contribution in [-0.2, 0) is 19.1 Å². The molecule has 4 nitrogen and oxygen atoms in total. The van der Waals surface area contributed by atoms with E-state index in [4.69, 9.17) is 5.48 Å². The van der Waals surface area contributed by atoms with Crippen LogP contribution in [0.2, 0.25) is 0 Å². The molecule has 2 aliphatic rings. The van der Waals surface area contributed by atoms with E-state index in [1.54, 1.807) is 45.0 Å². The molecule has 476 valence electrons. The van der Waals surface area contributed by atoms with Crippen molar-refractivity contribution in [2.45, 2.75) is 81.4 Å². The number of rotatable bonds is 11. The number of anilines is 6. The number of benzene rings is 13. The van der Waals surface area contributed by atoms with E-state index < -0.39 is 139 Å². The van der Waals surface area contributed by atoms with Crippen LogP contribution in [0.25, 0.3) is 99.5 Å². The molecule has 0 amide bonds. The van der Waals surface area contributed by atoms with Gasteiger partial charge in [-0.15, -0.1) is 0 Å². The van der Waals surface area contributed by atoms with Crippen LogP contribution in [0.1, 0.15) is 109 Å². The maximum absolute atomic E-state index is 10.9. The summed E-state index contributed by atoms with van der Waals surface area (Å²) in [5.41, 5.74) is 5.74. The molecule has 0 saturated heterocycles. The highest BCUT2D eigenvalue weighted by atomic mass is 15.2. The molecular weight excluding hydrogens is 1180 g/mol. The van der Waals surface area contributed by atoms with Gasteiger partial charge in [-0.2, -0.15) is 0 Å². The molecular formula is C93H81BN4. The Kier molecular flexibility index (Phi) is 9.88. The van der Waals surface area contributed by atoms with Crippen molar-refractivity contribution in [1.29, 1.82) is 0 Å². The third-order valence-corrected chi connectivity index (χ3v) is 18.2. The Bertz CT molecular complexity index is 6240. The Morgan fingerprint density at radius 2 is 0.592 bits per heavy atom. The van der Waals surface area contributed by atoms with Crippen molar-refractivity contribution in [2.24, 2.45) is 16.2 Å². The first-order valence-corrected chi connectivity index (χ1v) is 33.1. The number of hydrogen-bond donors (Lipinski definition) is 0. The van der Waals surface area contributed by atoms with Crippen LogP contribution in [0.4, 0.5) is 34.1 Å². The van der Waals surface area contributed by atoms with Crippen LogP contribution < -0.4 is 26.2 Å². The van der Waals surface area contributed by atoms with Crippen LogP contribution in [0.15, 0.2) is 291 Å². The van der Waals surface area contributed by atoms with E-state index in [2.05, 4.69) is 0 Å². The van der Waals surface area contributed by atoms with Crippen molar-refractivity contribution in [1.82, 2.24) is 9.13 Å². The summed E-state index contributed by atoms with van der Waals surface area (Å²) in [5, 5.41) is -0.660. The van der Waals surface area contributed by atoms with Gasteiger partial charge in [-0.3, -0.25) is 0 Å². The minimum Gasteiger partial charge on any atom is -0.310 e.